The third-order valence-corrected chi connectivity index (χ3v) is 3.45. The van der Waals surface area contributed by atoms with Gasteiger partial charge in [-0.15, -0.1) is 0 Å². The molecule has 3 rings (SSSR count). The third-order valence-electron chi connectivity index (χ3n) is 3.22. The topological polar surface area (TPSA) is 90.7 Å². The summed E-state index contributed by atoms with van der Waals surface area (Å²) in [4.78, 5) is 22.7. The number of carbonyl (C=O) groups excluding carboxylic acids is 1. The normalized spacial score (nSPS) is 15.8. The summed E-state index contributed by atoms with van der Waals surface area (Å²) in [6.45, 7) is 0.0181. The number of hydrogen-bond donors (Lipinski definition) is 1. The highest BCUT2D eigenvalue weighted by Crippen LogP contribution is 2.32. The molecule has 1 unspecified atom stereocenters. The summed E-state index contributed by atoms with van der Waals surface area (Å²) in [5.74, 6) is 0.462. The highest BCUT2D eigenvalue weighted by Gasteiger charge is 2.28. The van der Waals surface area contributed by atoms with Gasteiger partial charge in [-0.2, -0.15) is 0 Å². The van der Waals surface area contributed by atoms with E-state index in [1.54, 1.807) is 24.3 Å². The summed E-state index contributed by atoms with van der Waals surface area (Å²) in [5.41, 5.74) is -0.241. The second-order valence-corrected chi connectivity index (χ2v) is 5.21. The van der Waals surface area contributed by atoms with Gasteiger partial charge in [0.25, 0.3) is 11.6 Å². The van der Waals surface area contributed by atoms with Crippen LogP contribution in [0.4, 0.5) is 11.4 Å². The van der Waals surface area contributed by atoms with Crippen LogP contribution < -0.4 is 14.8 Å². The Morgan fingerprint density at radius 2 is 2.00 bits per heavy atom. The summed E-state index contributed by atoms with van der Waals surface area (Å²) >= 11 is 5.74. The quantitative estimate of drug-likeness (QED) is 0.688. The van der Waals surface area contributed by atoms with E-state index in [4.69, 9.17) is 21.1 Å². The molecule has 0 radical (unpaired) electrons. The molecular weight excluding hydrogens is 324 g/mol. The minimum absolute atomic E-state index is 0.0181. The average Bonchev–Trinajstić information content (AvgIpc) is 2.55. The van der Waals surface area contributed by atoms with E-state index < -0.39 is 16.9 Å². The fourth-order valence-corrected chi connectivity index (χ4v) is 2.29. The number of halogens is 1. The number of anilines is 1. The maximum absolute atomic E-state index is 12.3. The molecule has 7 nitrogen and oxygen atoms in total. The number of hydrogen-bond acceptors (Lipinski definition) is 5. The zero-order valence-electron chi connectivity index (χ0n) is 11.7. The first-order valence-corrected chi connectivity index (χ1v) is 7.05. The predicted molar refractivity (Wildman–Crippen MR) is 83.1 cm³/mol. The largest absolute Gasteiger partial charge is 0.485 e. The van der Waals surface area contributed by atoms with Gasteiger partial charge in [-0.25, -0.2) is 0 Å². The Bertz CT molecular complexity index is 780. The first kappa shape index (κ1) is 15.1. The number of para-hydroxylation sites is 2. The van der Waals surface area contributed by atoms with Crippen molar-refractivity contribution >= 4 is 28.9 Å². The number of benzene rings is 2. The molecule has 0 fully saturated rings. The van der Waals surface area contributed by atoms with E-state index in [1.165, 1.54) is 18.2 Å². The van der Waals surface area contributed by atoms with Gasteiger partial charge in [0.2, 0.25) is 6.10 Å². The number of nitrogens with one attached hydrogen (secondary N) is 1. The molecular formula is C15H11ClN2O5. The molecule has 0 saturated carbocycles. The number of nitro benzene ring substituents is 1. The second-order valence-electron chi connectivity index (χ2n) is 4.77. The van der Waals surface area contributed by atoms with Crippen molar-refractivity contribution < 1.29 is 19.2 Å². The molecule has 1 amide bonds. The van der Waals surface area contributed by atoms with Crippen molar-refractivity contribution in [2.75, 3.05) is 11.9 Å². The van der Waals surface area contributed by atoms with Crippen LogP contribution in [0.15, 0.2) is 42.5 Å². The Morgan fingerprint density at radius 3 is 2.74 bits per heavy atom. The average molecular weight is 335 g/mol. The lowest BCUT2D eigenvalue weighted by Gasteiger charge is -2.25. The van der Waals surface area contributed by atoms with E-state index in [0.29, 0.717) is 11.5 Å². The fraction of sp³-hybridized carbons (Fsp3) is 0.133. The minimum atomic E-state index is -0.903. The van der Waals surface area contributed by atoms with Crippen LogP contribution in [0, 0.1) is 10.1 Å². The van der Waals surface area contributed by atoms with Crippen molar-refractivity contribution in [2.45, 2.75) is 6.10 Å². The Morgan fingerprint density at radius 1 is 1.26 bits per heavy atom. The van der Waals surface area contributed by atoms with Gasteiger partial charge in [0.1, 0.15) is 12.3 Å². The summed E-state index contributed by atoms with van der Waals surface area (Å²) in [5, 5.41) is 13.7. The van der Waals surface area contributed by atoms with Gasteiger partial charge < -0.3 is 14.8 Å². The van der Waals surface area contributed by atoms with E-state index in [0.717, 1.165) is 0 Å². The maximum atomic E-state index is 12.3. The van der Waals surface area contributed by atoms with Gasteiger partial charge in [0, 0.05) is 11.1 Å². The lowest BCUT2D eigenvalue weighted by atomic mass is 10.2. The molecule has 0 bridgehead atoms. The molecule has 0 aliphatic carbocycles. The molecule has 2 aromatic rings. The smallest absolute Gasteiger partial charge is 0.294 e. The number of rotatable bonds is 3. The molecule has 118 valence electrons. The van der Waals surface area contributed by atoms with Crippen LogP contribution in [0.1, 0.15) is 0 Å². The van der Waals surface area contributed by atoms with Crippen LogP contribution in [-0.4, -0.2) is 23.5 Å². The first-order chi connectivity index (χ1) is 11.0. The van der Waals surface area contributed by atoms with Crippen LogP contribution in [0.2, 0.25) is 5.02 Å². The molecule has 0 aromatic heterocycles. The zero-order valence-corrected chi connectivity index (χ0v) is 12.4. The summed E-state index contributed by atoms with van der Waals surface area (Å²) in [6.07, 6.45) is -0.903. The summed E-state index contributed by atoms with van der Waals surface area (Å²) < 4.78 is 11.0. The number of ether oxygens (including phenoxy) is 2. The molecule has 1 aliphatic heterocycles. The lowest BCUT2D eigenvalue weighted by Crippen LogP contribution is -2.40. The first-order valence-electron chi connectivity index (χ1n) is 6.68. The standard InChI is InChI=1S/C15H11ClN2O5/c16-9-5-6-10(11(7-9)18(20)21)17-15(19)14-8-22-12-3-1-2-4-13(12)23-14/h1-7,14H,8H2,(H,17,19). The maximum Gasteiger partial charge on any atom is 0.294 e. The van der Waals surface area contributed by atoms with Crippen molar-refractivity contribution in [3.05, 3.63) is 57.6 Å². The van der Waals surface area contributed by atoms with E-state index in [1.807, 2.05) is 0 Å². The Kier molecular flexibility index (Phi) is 4.03. The fourth-order valence-electron chi connectivity index (χ4n) is 2.12. The van der Waals surface area contributed by atoms with Gasteiger partial charge in [0.05, 0.1) is 4.92 Å². The van der Waals surface area contributed by atoms with Gasteiger partial charge in [-0.05, 0) is 24.3 Å². The molecule has 1 N–H and O–H groups in total. The van der Waals surface area contributed by atoms with Crippen molar-refractivity contribution in [3.8, 4) is 11.5 Å². The third kappa shape index (κ3) is 3.19. The summed E-state index contributed by atoms with van der Waals surface area (Å²) in [7, 11) is 0. The number of amides is 1. The van der Waals surface area contributed by atoms with E-state index in [9.17, 15) is 14.9 Å². The molecule has 8 heteroatoms. The van der Waals surface area contributed by atoms with Gasteiger partial charge in [-0.3, -0.25) is 14.9 Å². The van der Waals surface area contributed by atoms with Crippen LogP contribution >= 0.6 is 11.6 Å². The lowest BCUT2D eigenvalue weighted by molar-refractivity contribution is -0.383. The van der Waals surface area contributed by atoms with E-state index in [-0.39, 0.29) is 23.0 Å². The highest BCUT2D eigenvalue weighted by atomic mass is 35.5. The van der Waals surface area contributed by atoms with Crippen molar-refractivity contribution in [1.29, 1.82) is 0 Å². The second kappa shape index (κ2) is 6.13. The predicted octanol–water partition coefficient (Wildman–Crippen LogP) is 3.03. The number of carbonyl (C=O) groups is 1. The van der Waals surface area contributed by atoms with E-state index in [2.05, 4.69) is 5.32 Å². The Hall–Kier alpha value is -2.80. The number of nitro groups is 1. The van der Waals surface area contributed by atoms with Gasteiger partial charge >= 0.3 is 0 Å². The molecule has 23 heavy (non-hydrogen) atoms. The number of fused-ring (bicyclic) bond motifs is 1. The molecule has 1 atom stereocenters. The van der Waals surface area contributed by atoms with Crippen molar-refractivity contribution in [1.82, 2.24) is 0 Å². The van der Waals surface area contributed by atoms with Crippen LogP contribution in [0.25, 0.3) is 0 Å². The van der Waals surface area contributed by atoms with E-state index >= 15 is 0 Å². The van der Waals surface area contributed by atoms with Crippen LogP contribution in [-0.2, 0) is 4.79 Å². The molecule has 0 spiro atoms. The zero-order chi connectivity index (χ0) is 16.4. The minimum Gasteiger partial charge on any atom is -0.485 e. The monoisotopic (exact) mass is 334 g/mol. The van der Waals surface area contributed by atoms with Crippen LogP contribution in [0.3, 0.4) is 0 Å². The highest BCUT2D eigenvalue weighted by molar-refractivity contribution is 6.31. The number of nitrogens with zero attached hydrogens (tertiary/aromatic N) is 1. The van der Waals surface area contributed by atoms with Gasteiger partial charge in [0.15, 0.2) is 11.5 Å². The molecule has 1 aliphatic rings. The molecule has 2 aromatic carbocycles. The summed E-state index contributed by atoms with van der Waals surface area (Å²) in [6, 6.07) is 11.0. The molecule has 0 saturated heterocycles. The van der Waals surface area contributed by atoms with Crippen LogP contribution in [0.5, 0.6) is 11.5 Å². The Labute approximate surface area is 135 Å². The molecule has 1 heterocycles. The van der Waals surface area contributed by atoms with Gasteiger partial charge in [-0.1, -0.05) is 23.7 Å². The SMILES string of the molecule is O=C(Nc1ccc(Cl)cc1[N+](=O)[O-])C1COc2ccccc2O1. The van der Waals surface area contributed by atoms with Crippen molar-refractivity contribution in [3.63, 3.8) is 0 Å². The Balaban J connectivity index is 1.77. The van der Waals surface area contributed by atoms with Crippen molar-refractivity contribution in [2.24, 2.45) is 0 Å².